The molecule has 1 fully saturated rings. The lowest BCUT2D eigenvalue weighted by molar-refractivity contribution is 0.137. The van der Waals surface area contributed by atoms with Crippen molar-refractivity contribution in [3.63, 3.8) is 0 Å². The third-order valence-electron chi connectivity index (χ3n) is 5.53. The molecule has 0 unspecified atom stereocenters. The van der Waals surface area contributed by atoms with Gasteiger partial charge < -0.3 is 4.90 Å². The molecule has 2 heterocycles. The maximum absolute atomic E-state index is 13.0. The lowest BCUT2D eigenvalue weighted by Gasteiger charge is -2.40. The van der Waals surface area contributed by atoms with Crippen LogP contribution < -0.4 is 0 Å². The van der Waals surface area contributed by atoms with E-state index in [2.05, 4.69) is 24.8 Å². The first-order valence-electron chi connectivity index (χ1n) is 8.93. The number of hydrogen-bond acceptors (Lipinski definition) is 3. The average Bonchev–Trinajstić information content (AvgIpc) is 2.60. The lowest BCUT2D eigenvalue weighted by atomic mass is 10.0. The molecule has 0 atom stereocenters. The van der Waals surface area contributed by atoms with E-state index in [0.717, 1.165) is 37.9 Å². The zero-order valence-electron chi connectivity index (χ0n) is 15.0. The molecular weight excluding hydrogens is 322 g/mol. The second-order valence-corrected chi connectivity index (χ2v) is 9.23. The second-order valence-electron chi connectivity index (χ2n) is 7.24. The van der Waals surface area contributed by atoms with Crippen molar-refractivity contribution >= 4 is 10.2 Å². The van der Waals surface area contributed by atoms with Crippen molar-refractivity contribution in [2.75, 3.05) is 26.7 Å². The van der Waals surface area contributed by atoms with E-state index in [4.69, 9.17) is 0 Å². The van der Waals surface area contributed by atoms with Gasteiger partial charge in [0.15, 0.2) is 0 Å². The maximum atomic E-state index is 13.0. The molecule has 3 rings (SSSR count). The Hall–Kier alpha value is -0.950. The summed E-state index contributed by atoms with van der Waals surface area (Å²) in [6, 6.07) is 8.80. The fraction of sp³-hybridized carbons (Fsp3) is 0.667. The molecule has 2 aliphatic heterocycles. The molecule has 5 nitrogen and oxygen atoms in total. The summed E-state index contributed by atoms with van der Waals surface area (Å²) >= 11 is 0. The Balaban J connectivity index is 1.68. The number of nitrogens with zero attached hydrogens (tertiary/aromatic N) is 3. The van der Waals surface area contributed by atoms with Gasteiger partial charge in [-0.05, 0) is 57.3 Å². The highest BCUT2D eigenvalue weighted by Crippen LogP contribution is 2.25. The zero-order chi connectivity index (χ0) is 17.3. The summed E-state index contributed by atoms with van der Waals surface area (Å²) in [4.78, 5) is 2.42. The Morgan fingerprint density at radius 2 is 1.71 bits per heavy atom. The smallest absolute Gasteiger partial charge is 0.282 e. The third kappa shape index (κ3) is 3.52. The summed E-state index contributed by atoms with van der Waals surface area (Å²) < 4.78 is 29.4. The van der Waals surface area contributed by atoms with E-state index in [9.17, 15) is 8.42 Å². The molecule has 0 saturated carbocycles. The molecule has 0 spiro atoms. The number of piperidine rings is 1. The maximum Gasteiger partial charge on any atom is 0.282 e. The highest BCUT2D eigenvalue weighted by atomic mass is 32.2. The minimum absolute atomic E-state index is 0.113. The summed E-state index contributed by atoms with van der Waals surface area (Å²) in [6.45, 7) is 7.43. The van der Waals surface area contributed by atoms with Crippen LogP contribution in [0.3, 0.4) is 0 Å². The van der Waals surface area contributed by atoms with E-state index in [0.29, 0.717) is 19.1 Å². The summed E-state index contributed by atoms with van der Waals surface area (Å²) in [5.74, 6) is 0. The van der Waals surface area contributed by atoms with E-state index in [-0.39, 0.29) is 6.04 Å². The van der Waals surface area contributed by atoms with Crippen LogP contribution in [0.1, 0.15) is 37.8 Å². The van der Waals surface area contributed by atoms with Crippen molar-refractivity contribution in [3.05, 3.63) is 35.4 Å². The van der Waals surface area contributed by atoms with Crippen molar-refractivity contribution in [2.24, 2.45) is 0 Å². The SMILES string of the molecule is CC(C)N1CCC(N(C)S(=O)(=O)N2CCc3ccccc3C2)CC1. The molecule has 0 radical (unpaired) electrons. The molecule has 1 aromatic rings. The Labute approximate surface area is 146 Å². The Morgan fingerprint density at radius 1 is 1.08 bits per heavy atom. The first kappa shape index (κ1) is 17.9. The van der Waals surface area contributed by atoms with Gasteiger partial charge in [-0.1, -0.05) is 24.3 Å². The lowest BCUT2D eigenvalue weighted by Crippen LogP contribution is -2.52. The van der Waals surface area contributed by atoms with Gasteiger partial charge >= 0.3 is 0 Å². The van der Waals surface area contributed by atoms with E-state index in [1.807, 2.05) is 18.2 Å². The van der Waals surface area contributed by atoms with Gasteiger partial charge in [-0.25, -0.2) is 0 Å². The van der Waals surface area contributed by atoms with Crippen molar-refractivity contribution in [1.82, 2.24) is 13.5 Å². The van der Waals surface area contributed by atoms with Crippen LogP contribution in [0.15, 0.2) is 24.3 Å². The van der Waals surface area contributed by atoms with Crippen LogP contribution in [0.2, 0.25) is 0 Å². The molecule has 0 aliphatic carbocycles. The van der Waals surface area contributed by atoms with Crippen LogP contribution in [0.4, 0.5) is 0 Å². The molecule has 134 valence electrons. The molecular formula is C18H29N3O2S. The fourth-order valence-corrected chi connectivity index (χ4v) is 5.38. The Bertz CT molecular complexity index is 667. The first-order chi connectivity index (χ1) is 11.4. The Kier molecular flexibility index (Phi) is 5.30. The van der Waals surface area contributed by atoms with Crippen LogP contribution in [-0.2, 0) is 23.2 Å². The minimum atomic E-state index is -3.39. The van der Waals surface area contributed by atoms with Gasteiger partial charge in [0.25, 0.3) is 10.2 Å². The number of hydrogen-bond donors (Lipinski definition) is 0. The van der Waals surface area contributed by atoms with Gasteiger partial charge in [-0.2, -0.15) is 17.0 Å². The van der Waals surface area contributed by atoms with Crippen molar-refractivity contribution in [1.29, 1.82) is 0 Å². The molecule has 0 bridgehead atoms. The predicted molar refractivity (Wildman–Crippen MR) is 97.0 cm³/mol. The molecule has 1 saturated heterocycles. The van der Waals surface area contributed by atoms with Crippen LogP contribution in [0.25, 0.3) is 0 Å². The van der Waals surface area contributed by atoms with Gasteiger partial charge in [0.1, 0.15) is 0 Å². The van der Waals surface area contributed by atoms with E-state index < -0.39 is 10.2 Å². The van der Waals surface area contributed by atoms with Crippen LogP contribution in [0.5, 0.6) is 0 Å². The summed E-state index contributed by atoms with van der Waals surface area (Å²) in [5, 5.41) is 0. The molecule has 6 heteroatoms. The molecule has 0 amide bonds. The molecule has 24 heavy (non-hydrogen) atoms. The topological polar surface area (TPSA) is 43.9 Å². The van der Waals surface area contributed by atoms with E-state index >= 15 is 0 Å². The summed E-state index contributed by atoms with van der Waals surface area (Å²) in [7, 11) is -1.64. The largest absolute Gasteiger partial charge is 0.301 e. The van der Waals surface area contributed by atoms with Gasteiger partial charge in [0.05, 0.1) is 0 Å². The van der Waals surface area contributed by atoms with E-state index in [1.54, 1.807) is 15.7 Å². The van der Waals surface area contributed by atoms with E-state index in [1.165, 1.54) is 5.56 Å². The standard InChI is InChI=1S/C18H29N3O2S/c1-15(2)20-11-9-18(10-12-20)19(3)24(22,23)21-13-8-16-6-4-5-7-17(16)14-21/h4-7,15,18H,8-14H2,1-3H3. The number of likely N-dealkylation sites (tertiary alicyclic amines) is 1. The van der Waals surface area contributed by atoms with Crippen LogP contribution >= 0.6 is 0 Å². The molecule has 2 aliphatic rings. The van der Waals surface area contributed by atoms with Gasteiger partial charge in [0.2, 0.25) is 0 Å². The highest BCUT2D eigenvalue weighted by Gasteiger charge is 2.35. The van der Waals surface area contributed by atoms with Crippen LogP contribution in [0, 0.1) is 0 Å². The first-order valence-corrected chi connectivity index (χ1v) is 10.3. The third-order valence-corrected chi connectivity index (χ3v) is 7.52. The normalized spacial score (nSPS) is 21.4. The van der Waals surface area contributed by atoms with Gasteiger partial charge in [-0.3, -0.25) is 0 Å². The van der Waals surface area contributed by atoms with Crippen molar-refractivity contribution < 1.29 is 8.42 Å². The summed E-state index contributed by atoms with van der Waals surface area (Å²) in [5.41, 5.74) is 2.41. The number of rotatable bonds is 4. The monoisotopic (exact) mass is 351 g/mol. The van der Waals surface area contributed by atoms with Gasteiger partial charge in [-0.15, -0.1) is 0 Å². The predicted octanol–water partition coefficient (Wildman–Crippen LogP) is 2.09. The van der Waals surface area contributed by atoms with Gasteiger partial charge in [0, 0.05) is 32.2 Å². The zero-order valence-corrected chi connectivity index (χ0v) is 15.8. The highest BCUT2D eigenvalue weighted by molar-refractivity contribution is 7.86. The summed E-state index contributed by atoms with van der Waals surface area (Å²) in [6.07, 6.45) is 2.63. The molecule has 0 aromatic heterocycles. The molecule has 1 aromatic carbocycles. The Morgan fingerprint density at radius 3 is 2.33 bits per heavy atom. The van der Waals surface area contributed by atoms with Crippen molar-refractivity contribution in [3.8, 4) is 0 Å². The fourth-order valence-electron chi connectivity index (χ4n) is 3.80. The second kappa shape index (κ2) is 7.12. The minimum Gasteiger partial charge on any atom is -0.301 e. The number of benzene rings is 1. The van der Waals surface area contributed by atoms with Crippen LogP contribution in [-0.4, -0.2) is 60.7 Å². The quantitative estimate of drug-likeness (QED) is 0.834. The molecule has 0 N–H and O–H groups in total. The average molecular weight is 352 g/mol. The number of fused-ring (bicyclic) bond motifs is 1. The van der Waals surface area contributed by atoms with Crippen molar-refractivity contribution in [2.45, 2.75) is 51.7 Å².